The van der Waals surface area contributed by atoms with Crippen molar-refractivity contribution in [2.75, 3.05) is 6.61 Å². The first-order valence-corrected chi connectivity index (χ1v) is 7.20. The SMILES string of the molecule is CCCc1nc(-c2ccc3nc(C(=O)OCC)cn3c2)no1. The van der Waals surface area contributed by atoms with E-state index in [-0.39, 0.29) is 5.69 Å². The molecule has 3 aromatic rings. The highest BCUT2D eigenvalue weighted by atomic mass is 16.5. The van der Waals surface area contributed by atoms with Crippen LogP contribution in [0.3, 0.4) is 0 Å². The first-order valence-electron chi connectivity index (χ1n) is 7.20. The Morgan fingerprint density at radius 2 is 2.14 bits per heavy atom. The molecule has 114 valence electrons. The van der Waals surface area contributed by atoms with Gasteiger partial charge < -0.3 is 13.7 Å². The number of pyridine rings is 1. The molecule has 0 N–H and O–H groups in total. The summed E-state index contributed by atoms with van der Waals surface area (Å²) in [6.07, 6.45) is 5.15. The van der Waals surface area contributed by atoms with Gasteiger partial charge in [0, 0.05) is 24.4 Å². The zero-order valence-electron chi connectivity index (χ0n) is 12.4. The summed E-state index contributed by atoms with van der Waals surface area (Å²) in [5.41, 5.74) is 1.73. The highest BCUT2D eigenvalue weighted by molar-refractivity contribution is 5.88. The molecule has 3 rings (SSSR count). The summed E-state index contributed by atoms with van der Waals surface area (Å²) >= 11 is 0. The Morgan fingerprint density at radius 1 is 1.27 bits per heavy atom. The zero-order chi connectivity index (χ0) is 15.5. The van der Waals surface area contributed by atoms with E-state index in [1.54, 1.807) is 23.6 Å². The number of esters is 1. The molecular weight excluding hydrogens is 284 g/mol. The van der Waals surface area contributed by atoms with Gasteiger partial charge in [0.1, 0.15) is 5.65 Å². The molecule has 0 aliphatic carbocycles. The Kier molecular flexibility index (Phi) is 3.86. The summed E-state index contributed by atoms with van der Waals surface area (Å²) in [5, 5.41) is 3.97. The van der Waals surface area contributed by atoms with Gasteiger partial charge in [-0.2, -0.15) is 4.98 Å². The molecule has 0 saturated carbocycles. The number of hydrogen-bond donors (Lipinski definition) is 0. The third-order valence-electron chi connectivity index (χ3n) is 3.13. The summed E-state index contributed by atoms with van der Waals surface area (Å²) < 4.78 is 11.9. The molecule has 0 spiro atoms. The second-order valence-electron chi connectivity index (χ2n) is 4.79. The van der Waals surface area contributed by atoms with Crippen molar-refractivity contribution in [3.63, 3.8) is 0 Å². The summed E-state index contributed by atoms with van der Waals surface area (Å²) in [7, 11) is 0. The van der Waals surface area contributed by atoms with Crippen LogP contribution in [0.2, 0.25) is 0 Å². The van der Waals surface area contributed by atoms with Gasteiger partial charge in [-0.1, -0.05) is 12.1 Å². The van der Waals surface area contributed by atoms with E-state index >= 15 is 0 Å². The zero-order valence-corrected chi connectivity index (χ0v) is 12.4. The van der Waals surface area contributed by atoms with Crippen molar-refractivity contribution in [2.45, 2.75) is 26.7 Å². The Bertz CT molecular complexity index is 806. The predicted molar refractivity (Wildman–Crippen MR) is 78.4 cm³/mol. The average Bonchev–Trinajstić information content (AvgIpc) is 3.13. The first kappa shape index (κ1) is 14.2. The summed E-state index contributed by atoms with van der Waals surface area (Å²) in [6.45, 7) is 4.13. The Balaban J connectivity index is 1.93. The van der Waals surface area contributed by atoms with Gasteiger partial charge in [-0.3, -0.25) is 0 Å². The lowest BCUT2D eigenvalue weighted by molar-refractivity contribution is 0.0520. The minimum Gasteiger partial charge on any atom is -0.461 e. The van der Waals surface area contributed by atoms with Crippen LogP contribution in [0.25, 0.3) is 17.0 Å². The van der Waals surface area contributed by atoms with Crippen molar-refractivity contribution >= 4 is 11.6 Å². The summed E-state index contributed by atoms with van der Waals surface area (Å²) in [4.78, 5) is 20.3. The van der Waals surface area contributed by atoms with Crippen LogP contribution in [0.5, 0.6) is 0 Å². The number of aryl methyl sites for hydroxylation is 1. The molecule has 0 bridgehead atoms. The molecule has 7 heteroatoms. The number of rotatable bonds is 5. The molecule has 0 aromatic carbocycles. The van der Waals surface area contributed by atoms with Crippen LogP contribution in [-0.2, 0) is 11.2 Å². The number of carbonyl (C=O) groups excluding carboxylic acids is 1. The van der Waals surface area contributed by atoms with E-state index in [1.807, 2.05) is 12.3 Å². The standard InChI is InChI=1S/C15H16N4O3/c1-3-5-13-17-14(18-22-13)10-6-7-12-16-11(9-19(12)8-10)15(20)21-4-2/h6-9H,3-5H2,1-2H3. The van der Waals surface area contributed by atoms with Crippen LogP contribution in [0.4, 0.5) is 0 Å². The molecule has 7 nitrogen and oxygen atoms in total. The van der Waals surface area contributed by atoms with Gasteiger partial charge in [-0.25, -0.2) is 9.78 Å². The molecule has 0 radical (unpaired) electrons. The second kappa shape index (κ2) is 5.97. The monoisotopic (exact) mass is 300 g/mol. The van der Waals surface area contributed by atoms with E-state index in [0.717, 1.165) is 18.4 Å². The maximum absolute atomic E-state index is 11.7. The molecule has 3 heterocycles. The fraction of sp³-hybridized carbons (Fsp3) is 0.333. The fourth-order valence-corrected chi connectivity index (χ4v) is 2.12. The van der Waals surface area contributed by atoms with Crippen molar-refractivity contribution in [2.24, 2.45) is 0 Å². The van der Waals surface area contributed by atoms with Crippen molar-refractivity contribution in [1.29, 1.82) is 0 Å². The van der Waals surface area contributed by atoms with Crippen molar-refractivity contribution in [1.82, 2.24) is 19.5 Å². The van der Waals surface area contributed by atoms with Gasteiger partial charge in [-0.15, -0.1) is 0 Å². The molecule has 3 aromatic heterocycles. The minimum atomic E-state index is -0.433. The molecule has 0 atom stereocenters. The number of ether oxygens (including phenoxy) is 1. The maximum Gasteiger partial charge on any atom is 0.358 e. The lowest BCUT2D eigenvalue weighted by Crippen LogP contribution is -2.04. The van der Waals surface area contributed by atoms with E-state index in [2.05, 4.69) is 22.0 Å². The number of carbonyl (C=O) groups is 1. The number of hydrogen-bond acceptors (Lipinski definition) is 6. The number of imidazole rings is 1. The van der Waals surface area contributed by atoms with Crippen molar-refractivity contribution < 1.29 is 14.1 Å². The number of nitrogens with zero attached hydrogens (tertiary/aromatic N) is 4. The Labute approximate surface area is 126 Å². The highest BCUT2D eigenvalue weighted by Gasteiger charge is 2.13. The van der Waals surface area contributed by atoms with Gasteiger partial charge >= 0.3 is 5.97 Å². The average molecular weight is 300 g/mol. The highest BCUT2D eigenvalue weighted by Crippen LogP contribution is 2.18. The largest absolute Gasteiger partial charge is 0.461 e. The van der Waals surface area contributed by atoms with Crippen molar-refractivity contribution in [3.8, 4) is 11.4 Å². The van der Waals surface area contributed by atoms with E-state index < -0.39 is 5.97 Å². The van der Waals surface area contributed by atoms with Crippen LogP contribution in [0, 0.1) is 0 Å². The van der Waals surface area contributed by atoms with Gasteiger partial charge in [0.2, 0.25) is 11.7 Å². The minimum absolute atomic E-state index is 0.277. The van der Waals surface area contributed by atoms with Crippen LogP contribution in [0.15, 0.2) is 29.0 Å². The molecule has 0 fully saturated rings. The van der Waals surface area contributed by atoms with Gasteiger partial charge in [0.25, 0.3) is 0 Å². The Hall–Kier alpha value is -2.70. The Morgan fingerprint density at radius 3 is 2.91 bits per heavy atom. The van der Waals surface area contributed by atoms with Crippen LogP contribution < -0.4 is 0 Å². The van der Waals surface area contributed by atoms with Gasteiger partial charge in [0.15, 0.2) is 5.69 Å². The van der Waals surface area contributed by atoms with E-state index in [4.69, 9.17) is 9.26 Å². The number of aromatic nitrogens is 4. The summed E-state index contributed by atoms with van der Waals surface area (Å²) in [6, 6.07) is 3.64. The molecule has 0 amide bonds. The third-order valence-corrected chi connectivity index (χ3v) is 3.13. The molecule has 0 aliphatic heterocycles. The van der Waals surface area contributed by atoms with Crippen molar-refractivity contribution in [3.05, 3.63) is 36.1 Å². The second-order valence-corrected chi connectivity index (χ2v) is 4.79. The molecule has 0 aliphatic rings. The molecule has 22 heavy (non-hydrogen) atoms. The van der Waals surface area contributed by atoms with Gasteiger partial charge in [0.05, 0.1) is 6.61 Å². The van der Waals surface area contributed by atoms with Crippen LogP contribution in [-0.4, -0.2) is 32.1 Å². The molecular formula is C15H16N4O3. The maximum atomic E-state index is 11.7. The lowest BCUT2D eigenvalue weighted by Gasteiger charge is -1.96. The predicted octanol–water partition coefficient (Wildman–Crippen LogP) is 2.51. The van der Waals surface area contributed by atoms with E-state index in [1.165, 1.54) is 0 Å². The number of fused-ring (bicyclic) bond motifs is 1. The van der Waals surface area contributed by atoms with E-state index in [9.17, 15) is 4.79 Å². The fourth-order valence-electron chi connectivity index (χ4n) is 2.12. The smallest absolute Gasteiger partial charge is 0.358 e. The summed E-state index contributed by atoms with van der Waals surface area (Å²) in [5.74, 6) is 0.713. The third kappa shape index (κ3) is 2.69. The van der Waals surface area contributed by atoms with Crippen LogP contribution in [0.1, 0.15) is 36.6 Å². The molecule has 0 saturated heterocycles. The topological polar surface area (TPSA) is 82.5 Å². The first-order chi connectivity index (χ1) is 10.7. The molecule has 0 unspecified atom stereocenters. The lowest BCUT2D eigenvalue weighted by atomic mass is 10.2. The normalized spacial score (nSPS) is 11.0. The van der Waals surface area contributed by atoms with E-state index in [0.29, 0.717) is 24.0 Å². The quantitative estimate of drug-likeness (QED) is 0.673. The van der Waals surface area contributed by atoms with Gasteiger partial charge in [-0.05, 0) is 25.5 Å². The van der Waals surface area contributed by atoms with Crippen LogP contribution >= 0.6 is 0 Å².